The molecule has 1 rings (SSSR count). The molecule has 0 aromatic heterocycles. The third-order valence-corrected chi connectivity index (χ3v) is 3.86. The van der Waals surface area contributed by atoms with E-state index in [0.29, 0.717) is 6.42 Å². The number of nitrogens with zero attached hydrogens (tertiary/aromatic N) is 1. The number of unbranched alkanes of at least 4 members (excludes halogenated alkanes) is 2. The summed E-state index contributed by atoms with van der Waals surface area (Å²) in [5, 5.41) is 0. The summed E-state index contributed by atoms with van der Waals surface area (Å²) in [5.74, 6) is 4.98. The highest BCUT2D eigenvalue weighted by molar-refractivity contribution is 5.74. The smallest absolute Gasteiger partial charge is 0.233 e. The van der Waals surface area contributed by atoms with Crippen LogP contribution in [0.5, 0.6) is 0 Å². The second-order valence-electron chi connectivity index (χ2n) is 5.24. The molecule has 0 aromatic carbocycles. The number of hydrogen-bond acceptors (Lipinski definition) is 3. The van der Waals surface area contributed by atoms with Crippen LogP contribution in [-0.2, 0) is 4.79 Å². The van der Waals surface area contributed by atoms with Gasteiger partial charge < -0.3 is 0 Å². The fraction of sp³-hybridized carbons (Fsp3) is 0.923. The monoisotopic (exact) mass is 241 g/mol. The Balaban J connectivity index is 2.10. The van der Waals surface area contributed by atoms with Gasteiger partial charge in [0.15, 0.2) is 0 Å². The molecule has 0 saturated carbocycles. The van der Waals surface area contributed by atoms with Crippen molar-refractivity contribution in [2.24, 2.45) is 5.84 Å². The first-order valence-electron chi connectivity index (χ1n) is 6.90. The highest BCUT2D eigenvalue weighted by Crippen LogP contribution is 2.22. The van der Waals surface area contributed by atoms with Crippen molar-refractivity contribution >= 4 is 5.91 Å². The Morgan fingerprint density at radius 1 is 1.24 bits per heavy atom. The van der Waals surface area contributed by atoms with Gasteiger partial charge in [0.2, 0.25) is 5.91 Å². The van der Waals surface area contributed by atoms with E-state index < -0.39 is 0 Å². The average Bonchev–Trinajstić information content (AvgIpc) is 2.31. The van der Waals surface area contributed by atoms with Gasteiger partial charge in [0.05, 0.1) is 0 Å². The highest BCUT2D eigenvalue weighted by Gasteiger charge is 2.23. The van der Waals surface area contributed by atoms with Crippen LogP contribution in [0.1, 0.15) is 58.8 Å². The molecule has 1 fully saturated rings. The van der Waals surface area contributed by atoms with E-state index >= 15 is 0 Å². The molecule has 4 nitrogen and oxygen atoms in total. The van der Waals surface area contributed by atoms with E-state index in [0.717, 1.165) is 24.9 Å². The molecule has 4 heteroatoms. The van der Waals surface area contributed by atoms with Crippen molar-refractivity contribution in [2.75, 3.05) is 6.54 Å². The predicted octanol–water partition coefficient (Wildman–Crippen LogP) is 1.80. The summed E-state index contributed by atoms with van der Waals surface area (Å²) in [5.41, 5.74) is 2.17. The first-order valence-corrected chi connectivity index (χ1v) is 6.90. The van der Waals surface area contributed by atoms with E-state index in [2.05, 4.69) is 24.2 Å². The first kappa shape index (κ1) is 14.5. The number of hydrogen-bond donors (Lipinski definition) is 2. The second-order valence-corrected chi connectivity index (χ2v) is 5.24. The Morgan fingerprint density at radius 3 is 2.47 bits per heavy atom. The first-order chi connectivity index (χ1) is 8.15. The lowest BCUT2D eigenvalue weighted by Crippen LogP contribution is -2.44. The van der Waals surface area contributed by atoms with Crippen LogP contribution in [0.25, 0.3) is 0 Å². The minimum absolute atomic E-state index is 0.0512. The van der Waals surface area contributed by atoms with Crippen LogP contribution in [0.3, 0.4) is 0 Å². The van der Waals surface area contributed by atoms with Crippen LogP contribution in [0.15, 0.2) is 0 Å². The molecule has 1 aliphatic rings. The van der Waals surface area contributed by atoms with E-state index in [-0.39, 0.29) is 5.91 Å². The van der Waals surface area contributed by atoms with Crippen molar-refractivity contribution in [3.05, 3.63) is 0 Å². The molecule has 2 atom stereocenters. The summed E-state index contributed by atoms with van der Waals surface area (Å²) in [6, 6.07) is 1.46. The van der Waals surface area contributed by atoms with Gasteiger partial charge in [-0.2, -0.15) is 0 Å². The molecule has 100 valence electrons. The molecule has 0 aliphatic carbocycles. The molecule has 3 N–H and O–H groups in total. The van der Waals surface area contributed by atoms with Crippen LogP contribution in [0.4, 0.5) is 0 Å². The molecular weight excluding hydrogens is 214 g/mol. The van der Waals surface area contributed by atoms with Gasteiger partial charge in [-0.3, -0.25) is 15.1 Å². The van der Waals surface area contributed by atoms with Crippen molar-refractivity contribution in [2.45, 2.75) is 70.9 Å². The molecule has 0 spiro atoms. The summed E-state index contributed by atoms with van der Waals surface area (Å²) < 4.78 is 0. The number of likely N-dealkylation sites (tertiary alicyclic amines) is 1. The Bertz CT molecular complexity index is 223. The lowest BCUT2D eigenvalue weighted by molar-refractivity contribution is -0.121. The summed E-state index contributed by atoms with van der Waals surface area (Å²) in [6.45, 7) is 5.83. The fourth-order valence-electron chi connectivity index (χ4n) is 2.74. The fourth-order valence-corrected chi connectivity index (χ4v) is 2.74. The lowest BCUT2D eigenvalue weighted by atomic mass is 9.97. The number of carbonyl (C=O) groups excluding carboxylic acids is 1. The van der Waals surface area contributed by atoms with E-state index in [1.807, 2.05) is 0 Å². The van der Waals surface area contributed by atoms with Crippen molar-refractivity contribution in [1.82, 2.24) is 10.3 Å². The van der Waals surface area contributed by atoms with Gasteiger partial charge in [-0.1, -0.05) is 12.8 Å². The maximum atomic E-state index is 10.9. The van der Waals surface area contributed by atoms with Crippen molar-refractivity contribution in [3.63, 3.8) is 0 Å². The van der Waals surface area contributed by atoms with Crippen LogP contribution in [-0.4, -0.2) is 29.4 Å². The number of hydrazine groups is 1. The standard InChI is InChI=1S/C13H27N3O/c1-11-7-6-8-12(2)16(11)10-5-3-4-9-13(17)15-14/h11-12H,3-10,14H2,1-2H3,(H,15,17)/t11-,12+. The van der Waals surface area contributed by atoms with Crippen molar-refractivity contribution < 1.29 is 4.79 Å². The van der Waals surface area contributed by atoms with E-state index in [1.165, 1.54) is 32.2 Å². The van der Waals surface area contributed by atoms with Crippen molar-refractivity contribution in [1.29, 1.82) is 0 Å². The third kappa shape index (κ3) is 5.04. The minimum Gasteiger partial charge on any atom is -0.298 e. The minimum atomic E-state index is -0.0512. The zero-order valence-corrected chi connectivity index (χ0v) is 11.2. The normalized spacial score (nSPS) is 25.8. The van der Waals surface area contributed by atoms with Crippen molar-refractivity contribution in [3.8, 4) is 0 Å². The third-order valence-electron chi connectivity index (χ3n) is 3.86. The zero-order valence-electron chi connectivity index (χ0n) is 11.2. The van der Waals surface area contributed by atoms with E-state index in [1.54, 1.807) is 0 Å². The molecule has 0 aromatic rings. The number of piperidine rings is 1. The second kappa shape index (κ2) is 7.67. The molecule has 17 heavy (non-hydrogen) atoms. The molecule has 1 amide bonds. The molecular formula is C13H27N3O. The predicted molar refractivity (Wildman–Crippen MR) is 70.3 cm³/mol. The SMILES string of the molecule is C[C@@H]1CCC[C@H](C)N1CCCCCC(=O)NN. The van der Waals surface area contributed by atoms with Gasteiger partial charge in [-0.25, -0.2) is 5.84 Å². The lowest BCUT2D eigenvalue weighted by Gasteiger charge is -2.39. The average molecular weight is 241 g/mol. The summed E-state index contributed by atoms with van der Waals surface area (Å²) in [4.78, 5) is 13.6. The molecule has 0 radical (unpaired) electrons. The van der Waals surface area contributed by atoms with Gasteiger partial charge in [0.25, 0.3) is 0 Å². The topological polar surface area (TPSA) is 58.4 Å². The Hall–Kier alpha value is -0.610. The Kier molecular flexibility index (Phi) is 6.52. The highest BCUT2D eigenvalue weighted by atomic mass is 16.2. The Morgan fingerprint density at radius 2 is 1.88 bits per heavy atom. The van der Waals surface area contributed by atoms with Gasteiger partial charge in [0, 0.05) is 18.5 Å². The quantitative estimate of drug-likeness (QED) is 0.323. The molecule has 1 heterocycles. The van der Waals surface area contributed by atoms with Crippen LogP contribution in [0, 0.1) is 0 Å². The van der Waals surface area contributed by atoms with Gasteiger partial charge in [-0.05, 0) is 46.1 Å². The van der Waals surface area contributed by atoms with E-state index in [9.17, 15) is 4.79 Å². The summed E-state index contributed by atoms with van der Waals surface area (Å²) in [6.07, 6.45) is 7.84. The summed E-state index contributed by atoms with van der Waals surface area (Å²) >= 11 is 0. The maximum absolute atomic E-state index is 10.9. The van der Waals surface area contributed by atoms with Gasteiger partial charge in [-0.15, -0.1) is 0 Å². The number of amides is 1. The van der Waals surface area contributed by atoms with E-state index in [4.69, 9.17) is 5.84 Å². The number of nitrogens with two attached hydrogens (primary N) is 1. The van der Waals surface area contributed by atoms with Gasteiger partial charge in [0.1, 0.15) is 0 Å². The van der Waals surface area contributed by atoms with Crippen LogP contribution < -0.4 is 11.3 Å². The number of nitrogens with one attached hydrogen (secondary N) is 1. The maximum Gasteiger partial charge on any atom is 0.233 e. The molecule has 0 bridgehead atoms. The zero-order chi connectivity index (χ0) is 12.7. The largest absolute Gasteiger partial charge is 0.298 e. The molecule has 1 aliphatic heterocycles. The van der Waals surface area contributed by atoms with Gasteiger partial charge >= 0.3 is 0 Å². The molecule has 0 unspecified atom stereocenters. The number of carbonyl (C=O) groups is 1. The Labute approximate surface area is 105 Å². The van der Waals surface area contributed by atoms with Crippen LogP contribution in [0.2, 0.25) is 0 Å². The summed E-state index contributed by atoms with van der Waals surface area (Å²) in [7, 11) is 0. The van der Waals surface area contributed by atoms with Crippen LogP contribution >= 0.6 is 0 Å². The molecule has 1 saturated heterocycles. The number of rotatable bonds is 6.